The molecule has 0 atom stereocenters. The normalized spacial score (nSPS) is 11.1. The molecule has 20 heavy (non-hydrogen) atoms. The van der Waals surface area contributed by atoms with E-state index in [2.05, 4.69) is 4.90 Å². The zero-order valence-electron chi connectivity index (χ0n) is 11.3. The van der Waals surface area contributed by atoms with Gasteiger partial charge in [0.1, 0.15) is 11.6 Å². The topological polar surface area (TPSA) is 56.8 Å². The number of halogens is 1. The lowest BCUT2D eigenvalue weighted by atomic mass is 9.77. The van der Waals surface area contributed by atoms with Gasteiger partial charge in [0.2, 0.25) is 0 Å². The summed E-state index contributed by atoms with van der Waals surface area (Å²) in [4.78, 5) is 2.07. The largest absolute Gasteiger partial charge is 0.488 e. The molecule has 0 saturated heterocycles. The van der Waals surface area contributed by atoms with E-state index in [0.29, 0.717) is 18.7 Å². The van der Waals surface area contributed by atoms with E-state index in [9.17, 15) is 14.4 Å². The van der Waals surface area contributed by atoms with Crippen LogP contribution in [0.3, 0.4) is 0 Å². The number of rotatable bonds is 6. The molecule has 1 heterocycles. The summed E-state index contributed by atoms with van der Waals surface area (Å²) in [5.41, 5.74) is 0.887. The van der Waals surface area contributed by atoms with Crippen LogP contribution in [0.15, 0.2) is 41.0 Å². The monoisotopic (exact) mass is 277 g/mol. The molecule has 0 bridgehead atoms. The predicted molar refractivity (Wildman–Crippen MR) is 74.7 cm³/mol. The Bertz CT molecular complexity index is 545. The van der Waals surface area contributed by atoms with Gasteiger partial charge < -0.3 is 14.5 Å². The molecule has 1 aromatic carbocycles. The van der Waals surface area contributed by atoms with Crippen LogP contribution in [-0.4, -0.2) is 28.6 Å². The molecule has 0 radical (unpaired) electrons. The van der Waals surface area contributed by atoms with Gasteiger partial charge in [-0.3, -0.25) is 4.90 Å². The van der Waals surface area contributed by atoms with E-state index in [1.807, 2.05) is 19.1 Å². The van der Waals surface area contributed by atoms with Crippen molar-refractivity contribution in [3.8, 4) is 0 Å². The van der Waals surface area contributed by atoms with Crippen molar-refractivity contribution < 1.29 is 18.9 Å². The van der Waals surface area contributed by atoms with Crippen molar-refractivity contribution in [2.75, 3.05) is 6.54 Å². The number of hydrogen-bond acceptors (Lipinski definition) is 4. The van der Waals surface area contributed by atoms with Crippen LogP contribution in [-0.2, 0) is 13.1 Å². The second-order valence-corrected chi connectivity index (χ2v) is 4.60. The minimum Gasteiger partial charge on any atom is -0.468 e. The maximum atomic E-state index is 13.2. The van der Waals surface area contributed by atoms with Gasteiger partial charge in [-0.15, -0.1) is 0 Å². The molecule has 2 rings (SSSR count). The summed E-state index contributed by atoms with van der Waals surface area (Å²) in [6.07, 6.45) is 1.62. The van der Waals surface area contributed by atoms with Gasteiger partial charge >= 0.3 is 7.12 Å². The first-order valence-corrected chi connectivity index (χ1v) is 6.49. The first-order valence-electron chi connectivity index (χ1n) is 6.49. The Morgan fingerprint density at radius 3 is 2.65 bits per heavy atom. The van der Waals surface area contributed by atoms with E-state index in [-0.39, 0.29) is 5.46 Å². The smallest absolute Gasteiger partial charge is 0.468 e. The second-order valence-electron chi connectivity index (χ2n) is 4.60. The van der Waals surface area contributed by atoms with E-state index in [1.165, 1.54) is 6.07 Å². The molecule has 4 nitrogen and oxygen atoms in total. The molecule has 2 N–H and O–H groups in total. The third kappa shape index (κ3) is 3.69. The van der Waals surface area contributed by atoms with Gasteiger partial charge in [0.15, 0.2) is 0 Å². The van der Waals surface area contributed by atoms with Gasteiger partial charge in [-0.05, 0) is 41.8 Å². The van der Waals surface area contributed by atoms with Crippen molar-refractivity contribution >= 4 is 12.6 Å². The molecule has 1 aromatic heterocycles. The lowest BCUT2D eigenvalue weighted by molar-refractivity contribution is 0.248. The molecule has 0 spiro atoms. The lowest BCUT2D eigenvalue weighted by Gasteiger charge is -2.21. The Labute approximate surface area is 117 Å². The van der Waals surface area contributed by atoms with Crippen molar-refractivity contribution in [1.82, 2.24) is 4.90 Å². The van der Waals surface area contributed by atoms with Gasteiger partial charge in [-0.2, -0.15) is 0 Å². The summed E-state index contributed by atoms with van der Waals surface area (Å²) < 4.78 is 18.5. The van der Waals surface area contributed by atoms with Gasteiger partial charge in [0.05, 0.1) is 12.8 Å². The molecule has 0 fully saturated rings. The highest BCUT2D eigenvalue weighted by molar-refractivity contribution is 6.59. The molecule has 0 aliphatic rings. The van der Waals surface area contributed by atoms with Crippen LogP contribution in [0.2, 0.25) is 0 Å². The maximum absolute atomic E-state index is 13.2. The number of nitrogens with zero attached hydrogens (tertiary/aromatic N) is 1. The third-order valence-corrected chi connectivity index (χ3v) is 3.19. The van der Waals surface area contributed by atoms with Crippen LogP contribution >= 0.6 is 0 Å². The SMILES string of the molecule is CCN(Cc1ccco1)Cc1ccc(F)cc1B(O)O. The van der Waals surface area contributed by atoms with Gasteiger partial charge in [-0.1, -0.05) is 13.0 Å². The third-order valence-electron chi connectivity index (χ3n) is 3.19. The average molecular weight is 277 g/mol. The number of benzene rings is 1. The Balaban J connectivity index is 2.14. The quantitative estimate of drug-likeness (QED) is 0.777. The molecular weight excluding hydrogens is 260 g/mol. The Morgan fingerprint density at radius 2 is 2.05 bits per heavy atom. The summed E-state index contributed by atoms with van der Waals surface area (Å²) >= 11 is 0. The Kier molecular flexibility index (Phi) is 4.95. The van der Waals surface area contributed by atoms with Crippen molar-refractivity contribution in [1.29, 1.82) is 0 Å². The van der Waals surface area contributed by atoms with Crippen LogP contribution in [0.1, 0.15) is 18.2 Å². The fourth-order valence-electron chi connectivity index (χ4n) is 2.09. The molecule has 0 aliphatic heterocycles. The molecule has 0 aliphatic carbocycles. The minimum atomic E-state index is -1.68. The van der Waals surface area contributed by atoms with Crippen molar-refractivity contribution in [3.05, 3.63) is 53.7 Å². The Hall–Kier alpha value is -1.63. The molecule has 2 aromatic rings. The van der Waals surface area contributed by atoms with Gasteiger partial charge in [0.25, 0.3) is 0 Å². The van der Waals surface area contributed by atoms with Crippen LogP contribution in [0, 0.1) is 5.82 Å². The average Bonchev–Trinajstić information content (AvgIpc) is 2.92. The summed E-state index contributed by atoms with van der Waals surface area (Å²) in [5, 5.41) is 18.6. The highest BCUT2D eigenvalue weighted by Crippen LogP contribution is 2.10. The van der Waals surface area contributed by atoms with Crippen molar-refractivity contribution in [3.63, 3.8) is 0 Å². The zero-order chi connectivity index (χ0) is 14.5. The first-order chi connectivity index (χ1) is 9.60. The van der Waals surface area contributed by atoms with Crippen LogP contribution in [0.25, 0.3) is 0 Å². The van der Waals surface area contributed by atoms with Crippen molar-refractivity contribution in [2.45, 2.75) is 20.0 Å². The Morgan fingerprint density at radius 1 is 1.25 bits per heavy atom. The lowest BCUT2D eigenvalue weighted by Crippen LogP contribution is -2.36. The second kappa shape index (κ2) is 6.70. The zero-order valence-corrected chi connectivity index (χ0v) is 11.3. The minimum absolute atomic E-state index is 0.197. The van der Waals surface area contributed by atoms with Gasteiger partial charge in [-0.25, -0.2) is 4.39 Å². The molecule has 106 valence electrons. The van der Waals surface area contributed by atoms with Crippen LogP contribution in [0.4, 0.5) is 4.39 Å². The van der Waals surface area contributed by atoms with E-state index < -0.39 is 12.9 Å². The molecule has 0 saturated carbocycles. The molecule has 0 unspecified atom stereocenters. The predicted octanol–water partition coefficient (Wildman–Crippen LogP) is 1.12. The van der Waals surface area contributed by atoms with E-state index in [0.717, 1.165) is 18.4 Å². The summed E-state index contributed by atoms with van der Waals surface area (Å²) in [6, 6.07) is 7.76. The molecule has 6 heteroatoms. The highest BCUT2D eigenvalue weighted by atomic mass is 19.1. The maximum Gasteiger partial charge on any atom is 0.488 e. The van der Waals surface area contributed by atoms with E-state index in [1.54, 1.807) is 12.3 Å². The molecular formula is C14H17BFNO3. The highest BCUT2D eigenvalue weighted by Gasteiger charge is 2.18. The number of furan rings is 1. The first kappa shape index (κ1) is 14.8. The van der Waals surface area contributed by atoms with Crippen LogP contribution in [0.5, 0.6) is 0 Å². The van der Waals surface area contributed by atoms with Crippen molar-refractivity contribution in [2.24, 2.45) is 0 Å². The summed E-state index contributed by atoms with van der Waals surface area (Å²) in [7, 11) is -1.68. The van der Waals surface area contributed by atoms with Crippen LogP contribution < -0.4 is 5.46 Å². The van der Waals surface area contributed by atoms with E-state index in [4.69, 9.17) is 4.42 Å². The fraction of sp³-hybridized carbons (Fsp3) is 0.286. The standard InChI is InChI=1S/C14H17BFNO3/c1-2-17(10-13-4-3-7-20-13)9-11-5-6-12(16)8-14(11)15(18)19/h3-8,18-19H,2,9-10H2,1H3. The van der Waals surface area contributed by atoms with E-state index >= 15 is 0 Å². The van der Waals surface area contributed by atoms with Gasteiger partial charge in [0, 0.05) is 6.54 Å². The fourth-order valence-corrected chi connectivity index (χ4v) is 2.09. The number of hydrogen-bond donors (Lipinski definition) is 2. The summed E-state index contributed by atoms with van der Waals surface area (Å²) in [6.45, 7) is 3.87. The molecule has 0 amide bonds. The summed E-state index contributed by atoms with van der Waals surface area (Å²) in [5.74, 6) is 0.353.